The largest absolute Gasteiger partial charge is 0.573 e. The number of aliphatic hydroxyl groups is 1. The van der Waals surface area contributed by atoms with Crippen LogP contribution in [-0.4, -0.2) is 42.5 Å². The third-order valence-electron chi connectivity index (χ3n) is 4.97. The maximum atomic E-state index is 12.5. The Morgan fingerprint density at radius 2 is 2.03 bits per heavy atom. The minimum Gasteiger partial charge on any atom is -0.406 e. The molecule has 1 heterocycles. The van der Waals surface area contributed by atoms with Crippen molar-refractivity contribution in [1.29, 1.82) is 0 Å². The predicted octanol–water partition coefficient (Wildman–Crippen LogP) is 4.37. The number of anilines is 1. The Bertz CT molecular complexity index is 999. The first kappa shape index (κ1) is 22.4. The molecule has 0 saturated carbocycles. The molecule has 2 aromatic carbocycles. The van der Waals surface area contributed by atoms with E-state index < -0.39 is 6.36 Å². The first-order valence-corrected chi connectivity index (χ1v) is 9.67. The summed E-state index contributed by atoms with van der Waals surface area (Å²) in [5.74, 6) is -0.539. The lowest BCUT2D eigenvalue weighted by molar-refractivity contribution is -0.274. The number of rotatable bonds is 7. The lowest BCUT2D eigenvalue weighted by atomic mass is 9.88. The molecule has 0 saturated heterocycles. The van der Waals surface area contributed by atoms with Crippen molar-refractivity contribution >= 4 is 17.7 Å². The standard InChI is InChI=1S/C23H23F3N2O3/c1-3-21(30)28(2)14-16-13-20(15-6-8-17(9-7-15)31-23(24,25)26)22-19(5-4-11-27-22)18(16)10-12-29/h3-9,13,27,29H,1,10-12,14H2,2H3. The summed E-state index contributed by atoms with van der Waals surface area (Å²) in [4.78, 5) is 13.5. The van der Waals surface area contributed by atoms with Crippen molar-refractivity contribution in [3.63, 3.8) is 0 Å². The normalized spacial score (nSPS) is 12.7. The monoisotopic (exact) mass is 432 g/mol. The summed E-state index contributed by atoms with van der Waals surface area (Å²) in [5.41, 5.74) is 4.95. The number of carbonyl (C=O) groups is 1. The van der Waals surface area contributed by atoms with Crippen LogP contribution in [0.2, 0.25) is 0 Å². The molecule has 8 heteroatoms. The molecule has 0 unspecified atom stereocenters. The van der Waals surface area contributed by atoms with Crippen LogP contribution in [0.15, 0.2) is 49.1 Å². The van der Waals surface area contributed by atoms with Crippen molar-refractivity contribution in [3.8, 4) is 16.9 Å². The van der Waals surface area contributed by atoms with Gasteiger partial charge >= 0.3 is 6.36 Å². The summed E-state index contributed by atoms with van der Waals surface area (Å²) in [6.07, 6.45) is 0.786. The number of carbonyl (C=O) groups excluding carboxylic acids is 1. The second-order valence-corrected chi connectivity index (χ2v) is 7.08. The van der Waals surface area contributed by atoms with Gasteiger partial charge in [0, 0.05) is 43.6 Å². The first-order chi connectivity index (χ1) is 14.7. The SMILES string of the molecule is C=CC(=O)N(C)Cc1cc(-c2ccc(OC(F)(F)F)cc2)c2c(c1CCO)C=CCN2. The molecule has 1 aliphatic rings. The number of hydrogen-bond acceptors (Lipinski definition) is 4. The maximum Gasteiger partial charge on any atom is 0.573 e. The van der Waals surface area contributed by atoms with Gasteiger partial charge in [-0.2, -0.15) is 0 Å². The minimum absolute atomic E-state index is 0.0603. The van der Waals surface area contributed by atoms with Crippen LogP contribution >= 0.6 is 0 Å². The van der Waals surface area contributed by atoms with E-state index in [1.54, 1.807) is 19.2 Å². The minimum atomic E-state index is -4.76. The fourth-order valence-electron chi connectivity index (χ4n) is 3.62. The molecule has 2 N–H and O–H groups in total. The zero-order chi connectivity index (χ0) is 22.6. The number of nitrogens with zero attached hydrogens (tertiary/aromatic N) is 1. The van der Waals surface area contributed by atoms with Gasteiger partial charge in [0.15, 0.2) is 0 Å². The van der Waals surface area contributed by atoms with Gasteiger partial charge in [-0.25, -0.2) is 0 Å². The van der Waals surface area contributed by atoms with Gasteiger partial charge in [-0.15, -0.1) is 13.2 Å². The van der Waals surface area contributed by atoms with E-state index >= 15 is 0 Å². The van der Waals surface area contributed by atoms with Crippen LogP contribution in [0.3, 0.4) is 0 Å². The molecule has 2 aromatic rings. The van der Waals surface area contributed by atoms with Gasteiger partial charge in [0.05, 0.1) is 0 Å². The number of benzene rings is 2. The fraction of sp³-hybridized carbons (Fsp3) is 0.261. The van der Waals surface area contributed by atoms with E-state index in [4.69, 9.17) is 0 Å². The van der Waals surface area contributed by atoms with Gasteiger partial charge in [-0.3, -0.25) is 4.79 Å². The third-order valence-corrected chi connectivity index (χ3v) is 4.97. The molecule has 1 amide bonds. The number of alkyl halides is 3. The fourth-order valence-corrected chi connectivity index (χ4v) is 3.62. The Labute approximate surface area is 178 Å². The highest BCUT2D eigenvalue weighted by molar-refractivity contribution is 5.89. The van der Waals surface area contributed by atoms with Gasteiger partial charge < -0.3 is 20.1 Å². The molecule has 0 atom stereocenters. The van der Waals surface area contributed by atoms with Crippen molar-refractivity contribution in [3.05, 3.63) is 65.8 Å². The van der Waals surface area contributed by atoms with Crippen molar-refractivity contribution in [2.75, 3.05) is 25.5 Å². The number of aliphatic hydroxyl groups excluding tert-OH is 1. The molecule has 3 rings (SSSR count). The van der Waals surface area contributed by atoms with E-state index in [-0.39, 0.29) is 18.3 Å². The molecule has 0 aromatic heterocycles. The van der Waals surface area contributed by atoms with E-state index in [9.17, 15) is 23.1 Å². The lowest BCUT2D eigenvalue weighted by Crippen LogP contribution is -2.25. The molecule has 164 valence electrons. The third kappa shape index (κ3) is 5.27. The molecule has 0 spiro atoms. The zero-order valence-electron chi connectivity index (χ0n) is 17.0. The summed E-state index contributed by atoms with van der Waals surface area (Å²) < 4.78 is 41.4. The Morgan fingerprint density at radius 3 is 2.65 bits per heavy atom. The second kappa shape index (κ2) is 9.26. The average molecular weight is 432 g/mol. The van der Waals surface area contributed by atoms with Crippen LogP contribution < -0.4 is 10.1 Å². The number of halogens is 3. The summed E-state index contributed by atoms with van der Waals surface area (Å²) in [7, 11) is 1.66. The van der Waals surface area contributed by atoms with E-state index in [2.05, 4.69) is 16.6 Å². The van der Waals surface area contributed by atoms with Crippen LogP contribution in [0, 0.1) is 0 Å². The van der Waals surface area contributed by atoms with E-state index in [0.717, 1.165) is 27.9 Å². The smallest absolute Gasteiger partial charge is 0.406 e. The highest BCUT2D eigenvalue weighted by atomic mass is 19.4. The van der Waals surface area contributed by atoms with E-state index in [1.807, 2.05) is 18.2 Å². The molecular formula is C23H23F3N2O3. The van der Waals surface area contributed by atoms with Crippen molar-refractivity contribution in [1.82, 2.24) is 4.90 Å². The quantitative estimate of drug-likeness (QED) is 0.638. The molecular weight excluding hydrogens is 409 g/mol. The summed E-state index contributed by atoms with van der Waals surface area (Å²) >= 11 is 0. The van der Waals surface area contributed by atoms with Gasteiger partial charge in [-0.05, 0) is 47.4 Å². The van der Waals surface area contributed by atoms with Crippen LogP contribution in [0.1, 0.15) is 16.7 Å². The predicted molar refractivity (Wildman–Crippen MR) is 114 cm³/mol. The Hall–Kier alpha value is -3.26. The topological polar surface area (TPSA) is 61.8 Å². The Balaban J connectivity index is 2.09. The van der Waals surface area contributed by atoms with Crippen LogP contribution in [0.5, 0.6) is 5.75 Å². The van der Waals surface area contributed by atoms with Crippen molar-refractivity contribution < 1.29 is 27.8 Å². The van der Waals surface area contributed by atoms with Crippen LogP contribution in [0.25, 0.3) is 17.2 Å². The molecule has 1 aliphatic heterocycles. The molecule has 0 aliphatic carbocycles. The number of fused-ring (bicyclic) bond motifs is 1. The Kier molecular flexibility index (Phi) is 6.70. The maximum absolute atomic E-state index is 12.5. The molecule has 5 nitrogen and oxygen atoms in total. The number of amides is 1. The first-order valence-electron chi connectivity index (χ1n) is 9.67. The van der Waals surface area contributed by atoms with Gasteiger partial charge in [-0.1, -0.05) is 30.9 Å². The van der Waals surface area contributed by atoms with E-state index in [0.29, 0.717) is 25.1 Å². The number of hydrogen-bond donors (Lipinski definition) is 2. The summed E-state index contributed by atoms with van der Waals surface area (Å²) in [5, 5.41) is 12.9. The Morgan fingerprint density at radius 1 is 1.32 bits per heavy atom. The number of nitrogens with one attached hydrogen (secondary N) is 1. The highest BCUT2D eigenvalue weighted by Gasteiger charge is 2.31. The second-order valence-electron chi connectivity index (χ2n) is 7.08. The van der Waals surface area contributed by atoms with E-state index in [1.165, 1.54) is 23.1 Å². The van der Waals surface area contributed by atoms with Gasteiger partial charge in [0.1, 0.15) is 5.75 Å². The molecule has 0 radical (unpaired) electrons. The zero-order valence-corrected chi connectivity index (χ0v) is 17.0. The molecule has 31 heavy (non-hydrogen) atoms. The van der Waals surface area contributed by atoms with Crippen molar-refractivity contribution in [2.45, 2.75) is 19.3 Å². The summed E-state index contributed by atoms with van der Waals surface area (Å²) in [6, 6.07) is 7.56. The molecule has 0 fully saturated rings. The lowest BCUT2D eigenvalue weighted by Gasteiger charge is -2.26. The van der Waals surface area contributed by atoms with Crippen molar-refractivity contribution in [2.24, 2.45) is 0 Å². The average Bonchev–Trinajstić information content (AvgIpc) is 2.74. The number of ether oxygens (including phenoxy) is 1. The van der Waals surface area contributed by atoms with Gasteiger partial charge in [0.25, 0.3) is 0 Å². The molecule has 0 bridgehead atoms. The van der Waals surface area contributed by atoms with Gasteiger partial charge in [0.2, 0.25) is 5.91 Å². The number of likely N-dealkylation sites (N-methyl/N-ethyl adjacent to an activating group) is 1. The van der Waals surface area contributed by atoms with Crippen LogP contribution in [-0.2, 0) is 17.8 Å². The highest BCUT2D eigenvalue weighted by Crippen LogP contribution is 2.39. The summed E-state index contributed by atoms with van der Waals surface area (Å²) in [6.45, 7) is 4.34. The van der Waals surface area contributed by atoms with Crippen LogP contribution in [0.4, 0.5) is 18.9 Å².